The molecule has 27 heavy (non-hydrogen) atoms. The monoisotopic (exact) mass is 399 g/mol. The lowest BCUT2D eigenvalue weighted by molar-refractivity contribution is 0.0735. The number of benzene rings is 2. The number of carbonyl (C=O) groups is 1. The maximum atomic E-state index is 12.9. The summed E-state index contributed by atoms with van der Waals surface area (Å²) in [7, 11) is 0. The molecule has 1 aliphatic heterocycles. The van der Waals surface area contributed by atoms with E-state index in [0.29, 0.717) is 24.1 Å². The number of nitrogens with zero attached hydrogens (tertiary/aromatic N) is 1. The summed E-state index contributed by atoms with van der Waals surface area (Å²) in [6, 6.07) is 16.1. The maximum Gasteiger partial charge on any atom is 0.289 e. The fourth-order valence-electron chi connectivity index (χ4n) is 3.32. The van der Waals surface area contributed by atoms with Crippen molar-refractivity contribution in [1.82, 2.24) is 4.90 Å². The van der Waals surface area contributed by atoms with Crippen molar-refractivity contribution >= 4 is 40.2 Å². The fourth-order valence-corrected chi connectivity index (χ4v) is 4.92. The third kappa shape index (κ3) is 3.75. The van der Waals surface area contributed by atoms with Gasteiger partial charge in [-0.2, -0.15) is 11.8 Å². The van der Waals surface area contributed by atoms with E-state index in [4.69, 9.17) is 16.0 Å². The summed E-state index contributed by atoms with van der Waals surface area (Å²) in [6.45, 7) is 1.21. The third-order valence-electron chi connectivity index (χ3n) is 4.73. The number of fused-ring (bicyclic) bond motifs is 1. The third-order valence-corrected chi connectivity index (χ3v) is 6.38. The number of hydrogen-bond donors (Lipinski definition) is 0. The lowest BCUT2D eigenvalue weighted by Gasteiger charge is -2.20. The first kappa shape index (κ1) is 18.1. The first-order chi connectivity index (χ1) is 13.1. The summed E-state index contributed by atoms with van der Waals surface area (Å²) in [4.78, 5) is 27.0. The van der Waals surface area contributed by atoms with Crippen LogP contribution in [0.4, 0.5) is 0 Å². The lowest BCUT2D eigenvalue weighted by atomic mass is 10.1. The zero-order valence-corrected chi connectivity index (χ0v) is 16.1. The van der Waals surface area contributed by atoms with E-state index in [0.717, 1.165) is 22.8 Å². The van der Waals surface area contributed by atoms with Crippen LogP contribution in [-0.2, 0) is 0 Å². The van der Waals surface area contributed by atoms with Gasteiger partial charge in [-0.05, 0) is 30.2 Å². The molecule has 6 heteroatoms. The molecule has 1 amide bonds. The molecule has 0 N–H and O–H groups in total. The van der Waals surface area contributed by atoms with E-state index in [-0.39, 0.29) is 22.3 Å². The van der Waals surface area contributed by atoms with Gasteiger partial charge in [-0.1, -0.05) is 41.9 Å². The summed E-state index contributed by atoms with van der Waals surface area (Å²) in [6.07, 6.45) is 0.804. The predicted octanol–water partition coefficient (Wildman–Crippen LogP) is 4.77. The number of hydrogen-bond acceptors (Lipinski definition) is 4. The van der Waals surface area contributed by atoms with Gasteiger partial charge < -0.3 is 9.32 Å². The van der Waals surface area contributed by atoms with Crippen molar-refractivity contribution in [3.8, 4) is 0 Å². The Kier molecular flexibility index (Phi) is 5.23. The molecule has 1 aliphatic rings. The van der Waals surface area contributed by atoms with Gasteiger partial charge >= 0.3 is 0 Å². The molecule has 1 atom stereocenters. The topological polar surface area (TPSA) is 50.5 Å². The van der Waals surface area contributed by atoms with Gasteiger partial charge in [0.25, 0.3) is 5.91 Å². The second-order valence-electron chi connectivity index (χ2n) is 6.43. The van der Waals surface area contributed by atoms with E-state index >= 15 is 0 Å². The van der Waals surface area contributed by atoms with Crippen LogP contribution in [0, 0.1) is 0 Å². The zero-order valence-electron chi connectivity index (χ0n) is 14.6. The Hall–Kier alpha value is -2.24. The zero-order chi connectivity index (χ0) is 18.8. The van der Waals surface area contributed by atoms with Gasteiger partial charge in [-0.15, -0.1) is 0 Å². The lowest BCUT2D eigenvalue weighted by Crippen LogP contribution is -2.33. The second kappa shape index (κ2) is 7.79. The summed E-state index contributed by atoms with van der Waals surface area (Å²) in [5.74, 6) is 0.664. The predicted molar refractivity (Wildman–Crippen MR) is 110 cm³/mol. The Morgan fingerprint density at radius 2 is 1.89 bits per heavy atom. The van der Waals surface area contributed by atoms with Gasteiger partial charge in [-0.25, -0.2) is 0 Å². The minimum Gasteiger partial charge on any atom is -0.451 e. The molecule has 2 aromatic carbocycles. The van der Waals surface area contributed by atoms with Crippen molar-refractivity contribution in [1.29, 1.82) is 0 Å². The Balaban J connectivity index is 1.55. The van der Waals surface area contributed by atoms with Crippen LogP contribution in [0.3, 0.4) is 0 Å². The molecule has 3 aromatic rings. The minimum atomic E-state index is -0.238. The molecule has 0 radical (unpaired) electrons. The Labute approximate surface area is 166 Å². The van der Waals surface area contributed by atoms with Crippen LogP contribution in [0.5, 0.6) is 0 Å². The van der Waals surface area contributed by atoms with Gasteiger partial charge in [0.1, 0.15) is 5.58 Å². The molecular formula is C21H18ClNO3S. The summed E-state index contributed by atoms with van der Waals surface area (Å²) in [5.41, 5.74) is 1.35. The average molecular weight is 400 g/mol. The van der Waals surface area contributed by atoms with Crippen LogP contribution in [0.1, 0.15) is 27.8 Å². The molecule has 4 rings (SSSR count). The van der Waals surface area contributed by atoms with Crippen molar-refractivity contribution in [2.24, 2.45) is 0 Å². The van der Waals surface area contributed by atoms with Crippen LogP contribution in [-0.4, -0.2) is 29.6 Å². The number of carbonyl (C=O) groups excluding carboxylic acids is 1. The van der Waals surface area contributed by atoms with Crippen molar-refractivity contribution in [3.63, 3.8) is 0 Å². The van der Waals surface area contributed by atoms with E-state index in [2.05, 4.69) is 0 Å². The molecule has 0 saturated carbocycles. The number of para-hydroxylation sites is 1. The van der Waals surface area contributed by atoms with Gasteiger partial charge in [-0.3, -0.25) is 9.59 Å². The molecule has 2 heterocycles. The highest BCUT2D eigenvalue weighted by atomic mass is 35.5. The second-order valence-corrected chi connectivity index (χ2v) is 8.15. The molecule has 0 spiro atoms. The number of thioether (sulfide) groups is 1. The number of amides is 1. The SMILES string of the molecule is O=C(c1cc(=O)c2ccccc2o1)N1CCSC(c2ccccc2Cl)CC1. The van der Waals surface area contributed by atoms with E-state index in [1.807, 2.05) is 24.3 Å². The molecule has 1 aromatic heterocycles. The van der Waals surface area contributed by atoms with Crippen LogP contribution in [0.2, 0.25) is 5.02 Å². The number of rotatable bonds is 2. The maximum absolute atomic E-state index is 12.9. The highest BCUT2D eigenvalue weighted by Crippen LogP contribution is 2.38. The standard InChI is InChI=1S/C21H18ClNO3S/c22-16-7-3-1-5-14(16)20-9-10-23(11-12-27-20)21(25)19-13-17(24)15-6-2-4-8-18(15)26-19/h1-8,13,20H,9-12H2. The highest BCUT2D eigenvalue weighted by molar-refractivity contribution is 7.99. The molecule has 4 nitrogen and oxygen atoms in total. The molecule has 138 valence electrons. The van der Waals surface area contributed by atoms with Crippen LogP contribution in [0.15, 0.2) is 63.8 Å². The normalized spacial score (nSPS) is 17.7. The quantitative estimate of drug-likeness (QED) is 0.623. The van der Waals surface area contributed by atoms with E-state index in [1.165, 1.54) is 6.07 Å². The molecule has 1 unspecified atom stereocenters. The Morgan fingerprint density at radius 1 is 1.11 bits per heavy atom. The fraction of sp³-hybridized carbons (Fsp3) is 0.238. The van der Waals surface area contributed by atoms with Crippen LogP contribution >= 0.6 is 23.4 Å². The van der Waals surface area contributed by atoms with Crippen LogP contribution in [0.25, 0.3) is 11.0 Å². The summed E-state index contributed by atoms with van der Waals surface area (Å²) < 4.78 is 5.71. The van der Waals surface area contributed by atoms with Gasteiger partial charge in [0.2, 0.25) is 0 Å². The largest absolute Gasteiger partial charge is 0.451 e. The van der Waals surface area contributed by atoms with Crippen molar-refractivity contribution in [3.05, 3.63) is 81.2 Å². The summed E-state index contributed by atoms with van der Waals surface area (Å²) >= 11 is 8.14. The molecule has 0 aliphatic carbocycles. The Morgan fingerprint density at radius 3 is 2.74 bits per heavy atom. The Bertz CT molecular complexity index is 1050. The van der Waals surface area contributed by atoms with E-state index in [1.54, 1.807) is 40.9 Å². The van der Waals surface area contributed by atoms with E-state index < -0.39 is 0 Å². The molecule has 1 saturated heterocycles. The molecule has 1 fully saturated rings. The van der Waals surface area contributed by atoms with Crippen molar-refractivity contribution < 1.29 is 9.21 Å². The number of halogens is 1. The summed E-state index contributed by atoms with van der Waals surface area (Å²) in [5, 5.41) is 1.50. The first-order valence-electron chi connectivity index (χ1n) is 8.81. The minimum absolute atomic E-state index is 0.0971. The van der Waals surface area contributed by atoms with E-state index in [9.17, 15) is 9.59 Å². The molecular weight excluding hydrogens is 382 g/mol. The highest BCUT2D eigenvalue weighted by Gasteiger charge is 2.25. The average Bonchev–Trinajstić information content (AvgIpc) is 2.94. The first-order valence-corrected chi connectivity index (χ1v) is 10.2. The van der Waals surface area contributed by atoms with Crippen LogP contribution < -0.4 is 5.43 Å². The van der Waals surface area contributed by atoms with Gasteiger partial charge in [0.05, 0.1) is 5.39 Å². The van der Waals surface area contributed by atoms with Crippen molar-refractivity contribution in [2.45, 2.75) is 11.7 Å². The smallest absolute Gasteiger partial charge is 0.289 e. The van der Waals surface area contributed by atoms with Gasteiger partial charge in [0.15, 0.2) is 11.2 Å². The van der Waals surface area contributed by atoms with Gasteiger partial charge in [0, 0.05) is 35.2 Å². The van der Waals surface area contributed by atoms with Crippen molar-refractivity contribution in [2.75, 3.05) is 18.8 Å². The molecule has 0 bridgehead atoms.